The van der Waals surface area contributed by atoms with Gasteiger partial charge in [0.25, 0.3) is 5.91 Å². The molecule has 160 valence electrons. The van der Waals surface area contributed by atoms with E-state index in [2.05, 4.69) is 20.9 Å². The molecule has 0 aliphatic heterocycles. The van der Waals surface area contributed by atoms with E-state index < -0.39 is 0 Å². The van der Waals surface area contributed by atoms with Gasteiger partial charge in [0.05, 0.1) is 13.7 Å². The van der Waals surface area contributed by atoms with Crippen molar-refractivity contribution in [1.82, 2.24) is 16.0 Å². The highest BCUT2D eigenvalue weighted by Crippen LogP contribution is 2.49. The molecule has 3 N–H and O–H groups in total. The lowest BCUT2D eigenvalue weighted by atomic mass is 9.95. The summed E-state index contributed by atoms with van der Waals surface area (Å²) in [4.78, 5) is 16.9. The lowest BCUT2D eigenvalue weighted by molar-refractivity contribution is 0.0954. The second-order valence-electron chi connectivity index (χ2n) is 7.37. The average molecular weight is 413 g/mol. The zero-order valence-corrected chi connectivity index (χ0v) is 17.5. The van der Waals surface area contributed by atoms with Crippen LogP contribution in [0.25, 0.3) is 0 Å². The molecule has 0 bridgehead atoms. The highest BCUT2D eigenvalue weighted by atomic mass is 19.1. The Morgan fingerprint density at radius 3 is 2.57 bits per heavy atom. The molecule has 0 radical (unpaired) electrons. The molecule has 7 heteroatoms. The SMILES string of the molecule is CCNC(=NCC1(c2ccccc2F)CC1)NCCNC(=O)c1cccc(OC)c1. The van der Waals surface area contributed by atoms with Gasteiger partial charge in [-0.05, 0) is 49.6 Å². The standard InChI is InChI=1S/C23H29FN4O2/c1-3-25-22(28-16-23(11-12-23)19-9-4-5-10-20(19)24)27-14-13-26-21(29)17-7-6-8-18(15-17)30-2/h4-10,15H,3,11-14,16H2,1-2H3,(H,26,29)(H2,25,27,28). The Hall–Kier alpha value is -3.09. The summed E-state index contributed by atoms with van der Waals surface area (Å²) < 4.78 is 19.3. The summed E-state index contributed by atoms with van der Waals surface area (Å²) in [6, 6.07) is 14.0. The molecule has 1 saturated carbocycles. The topological polar surface area (TPSA) is 74.8 Å². The molecule has 0 spiro atoms. The first-order valence-corrected chi connectivity index (χ1v) is 10.3. The monoisotopic (exact) mass is 412 g/mol. The number of aliphatic imine (C=N–C) groups is 1. The minimum atomic E-state index is -0.200. The van der Waals surface area contributed by atoms with Gasteiger partial charge in [0.15, 0.2) is 5.96 Å². The molecule has 6 nitrogen and oxygen atoms in total. The Morgan fingerprint density at radius 2 is 1.87 bits per heavy atom. The summed E-state index contributed by atoms with van der Waals surface area (Å²) in [5.41, 5.74) is 1.10. The molecule has 1 fully saturated rings. The Bertz CT molecular complexity index is 896. The van der Waals surface area contributed by atoms with E-state index in [-0.39, 0.29) is 17.1 Å². The van der Waals surface area contributed by atoms with Gasteiger partial charge in [-0.25, -0.2) is 4.39 Å². The zero-order chi connectivity index (χ0) is 21.4. The van der Waals surface area contributed by atoms with Crippen molar-refractivity contribution in [3.05, 3.63) is 65.5 Å². The maximum Gasteiger partial charge on any atom is 0.251 e. The molecule has 0 atom stereocenters. The van der Waals surface area contributed by atoms with E-state index in [0.29, 0.717) is 43.5 Å². The summed E-state index contributed by atoms with van der Waals surface area (Å²) in [5, 5.41) is 9.30. The second-order valence-corrected chi connectivity index (χ2v) is 7.37. The highest BCUT2D eigenvalue weighted by Gasteiger charge is 2.45. The summed E-state index contributed by atoms with van der Waals surface area (Å²) >= 11 is 0. The predicted molar refractivity (Wildman–Crippen MR) is 117 cm³/mol. The minimum Gasteiger partial charge on any atom is -0.497 e. The third kappa shape index (κ3) is 5.49. The fourth-order valence-corrected chi connectivity index (χ4v) is 3.35. The fourth-order valence-electron chi connectivity index (χ4n) is 3.35. The van der Waals surface area contributed by atoms with Crippen molar-refractivity contribution in [2.45, 2.75) is 25.2 Å². The molecular formula is C23H29FN4O2. The molecule has 0 saturated heterocycles. The number of ether oxygens (including phenoxy) is 1. The number of hydrogen-bond acceptors (Lipinski definition) is 3. The van der Waals surface area contributed by atoms with Crippen LogP contribution in [-0.4, -0.2) is 45.2 Å². The van der Waals surface area contributed by atoms with Gasteiger partial charge in [0, 0.05) is 30.6 Å². The Labute approximate surface area is 176 Å². The first-order chi connectivity index (χ1) is 14.6. The number of amides is 1. The molecule has 0 unspecified atom stereocenters. The molecule has 30 heavy (non-hydrogen) atoms. The maximum atomic E-state index is 14.2. The second kappa shape index (κ2) is 10.1. The van der Waals surface area contributed by atoms with Gasteiger partial charge in [-0.3, -0.25) is 9.79 Å². The first kappa shape index (κ1) is 21.6. The van der Waals surface area contributed by atoms with E-state index in [0.717, 1.165) is 18.4 Å². The molecular weight excluding hydrogens is 383 g/mol. The van der Waals surface area contributed by atoms with E-state index in [9.17, 15) is 9.18 Å². The molecule has 2 aromatic rings. The van der Waals surface area contributed by atoms with Crippen molar-refractivity contribution in [1.29, 1.82) is 0 Å². The maximum absolute atomic E-state index is 14.2. The number of methoxy groups -OCH3 is 1. The fraction of sp³-hybridized carbons (Fsp3) is 0.391. The van der Waals surface area contributed by atoms with Gasteiger partial charge in [0.2, 0.25) is 0 Å². The zero-order valence-electron chi connectivity index (χ0n) is 17.5. The van der Waals surface area contributed by atoms with Crippen LogP contribution < -0.4 is 20.7 Å². The molecule has 2 aromatic carbocycles. The summed E-state index contributed by atoms with van der Waals surface area (Å²) in [6.07, 6.45) is 1.88. The number of rotatable bonds is 9. The Morgan fingerprint density at radius 1 is 1.10 bits per heavy atom. The summed E-state index contributed by atoms with van der Waals surface area (Å²) in [5.74, 6) is 0.986. The molecule has 1 amide bonds. The van der Waals surface area contributed by atoms with Crippen molar-refractivity contribution in [2.75, 3.05) is 33.3 Å². The van der Waals surface area contributed by atoms with E-state index in [1.54, 1.807) is 37.4 Å². The van der Waals surface area contributed by atoms with Crippen molar-refractivity contribution >= 4 is 11.9 Å². The number of hydrogen-bond donors (Lipinski definition) is 3. The molecule has 3 rings (SSSR count). The van der Waals surface area contributed by atoms with E-state index in [1.807, 2.05) is 19.1 Å². The number of nitrogens with zero attached hydrogens (tertiary/aromatic N) is 1. The van der Waals surface area contributed by atoms with Gasteiger partial charge in [-0.2, -0.15) is 0 Å². The number of benzene rings is 2. The quantitative estimate of drug-likeness (QED) is 0.336. The highest BCUT2D eigenvalue weighted by molar-refractivity contribution is 5.94. The molecule has 1 aliphatic rings. The summed E-state index contributed by atoms with van der Waals surface area (Å²) in [6.45, 7) is 4.20. The van der Waals surface area contributed by atoms with E-state index in [4.69, 9.17) is 4.74 Å². The van der Waals surface area contributed by atoms with Crippen LogP contribution in [0.4, 0.5) is 4.39 Å². The van der Waals surface area contributed by atoms with Crippen LogP contribution in [0.3, 0.4) is 0 Å². The predicted octanol–water partition coefficient (Wildman–Crippen LogP) is 2.85. The van der Waals surface area contributed by atoms with Crippen molar-refractivity contribution < 1.29 is 13.9 Å². The first-order valence-electron chi connectivity index (χ1n) is 10.3. The van der Waals surface area contributed by atoms with Crippen LogP contribution in [-0.2, 0) is 5.41 Å². The third-order valence-electron chi connectivity index (χ3n) is 5.22. The average Bonchev–Trinajstić information content (AvgIpc) is 3.56. The molecule has 1 aliphatic carbocycles. The largest absolute Gasteiger partial charge is 0.497 e. The number of halogens is 1. The lowest BCUT2D eigenvalue weighted by Gasteiger charge is -2.16. The Kier molecular flexibility index (Phi) is 7.27. The van der Waals surface area contributed by atoms with Crippen LogP contribution in [0, 0.1) is 5.82 Å². The van der Waals surface area contributed by atoms with E-state index in [1.165, 1.54) is 6.07 Å². The van der Waals surface area contributed by atoms with Crippen molar-refractivity contribution in [3.63, 3.8) is 0 Å². The van der Waals surface area contributed by atoms with Gasteiger partial charge >= 0.3 is 0 Å². The van der Waals surface area contributed by atoms with Crippen LogP contribution in [0.15, 0.2) is 53.5 Å². The van der Waals surface area contributed by atoms with Crippen LogP contribution in [0.2, 0.25) is 0 Å². The number of carbonyl (C=O) groups excluding carboxylic acids is 1. The normalized spacial score (nSPS) is 14.7. The van der Waals surface area contributed by atoms with Crippen LogP contribution in [0.1, 0.15) is 35.7 Å². The minimum absolute atomic E-state index is 0.158. The van der Waals surface area contributed by atoms with Crippen LogP contribution >= 0.6 is 0 Å². The molecule has 0 heterocycles. The number of guanidine groups is 1. The van der Waals surface area contributed by atoms with Gasteiger partial charge in [-0.1, -0.05) is 24.3 Å². The van der Waals surface area contributed by atoms with Crippen molar-refractivity contribution in [3.8, 4) is 5.75 Å². The smallest absolute Gasteiger partial charge is 0.251 e. The van der Waals surface area contributed by atoms with Gasteiger partial charge in [-0.15, -0.1) is 0 Å². The summed E-state index contributed by atoms with van der Waals surface area (Å²) in [7, 11) is 1.57. The van der Waals surface area contributed by atoms with Gasteiger partial charge < -0.3 is 20.7 Å². The van der Waals surface area contributed by atoms with Crippen LogP contribution in [0.5, 0.6) is 5.75 Å². The van der Waals surface area contributed by atoms with E-state index >= 15 is 0 Å². The van der Waals surface area contributed by atoms with Crippen molar-refractivity contribution in [2.24, 2.45) is 4.99 Å². The lowest BCUT2D eigenvalue weighted by Crippen LogP contribution is -2.42. The molecule has 0 aromatic heterocycles. The number of carbonyl (C=O) groups is 1. The Balaban J connectivity index is 1.51. The number of nitrogens with one attached hydrogen (secondary N) is 3. The van der Waals surface area contributed by atoms with Gasteiger partial charge in [0.1, 0.15) is 11.6 Å². The third-order valence-corrected chi connectivity index (χ3v) is 5.22.